The molecule has 4 atom stereocenters. The summed E-state index contributed by atoms with van der Waals surface area (Å²) in [7, 11) is 5.18. The molecule has 1 aromatic carbocycles. The van der Waals surface area contributed by atoms with Crippen LogP contribution >= 0.6 is 0 Å². The third-order valence-corrected chi connectivity index (χ3v) is 8.10. The minimum absolute atomic E-state index is 0.0241. The first-order chi connectivity index (χ1) is 19.9. The standard InChI is InChI=1S/C30H41N5O8/c1-29(2,3)32-12-20(36)33-17-11-18(35(6)7)16-9-14-8-15-10-19(43-13-34(4)5)23(28(31)41)27(40)30(15,42)26(39)21(14)25(38)22(16)24(17)37/h11,14-15,28,32,41-42H,4,8-10,12-13,31H2,1-3,5-7H3,(H2-,33,36,37,38,39)/p+1. The number of allylic oxidation sites excluding steroid dienone is 1. The predicted octanol–water partition coefficient (Wildman–Crippen LogP) is 0.367. The zero-order valence-electron chi connectivity index (χ0n) is 25.4. The Morgan fingerprint density at radius 1 is 1.26 bits per heavy atom. The van der Waals surface area contributed by atoms with E-state index in [0.29, 0.717) is 11.3 Å². The van der Waals surface area contributed by atoms with E-state index in [2.05, 4.69) is 17.4 Å². The monoisotopic (exact) mass is 600 g/mol. The van der Waals surface area contributed by atoms with Crippen LogP contribution in [0.25, 0.3) is 5.76 Å². The first-order valence-corrected chi connectivity index (χ1v) is 14.1. The molecule has 13 nitrogen and oxygen atoms in total. The van der Waals surface area contributed by atoms with Crippen molar-refractivity contribution in [3.63, 3.8) is 0 Å². The fraction of sp³-hybridized carbons (Fsp3) is 0.533. The second kappa shape index (κ2) is 11.4. The number of amides is 1. The molecular weight excluding hydrogens is 558 g/mol. The summed E-state index contributed by atoms with van der Waals surface area (Å²) in [5.74, 6) is -5.04. The molecule has 0 aliphatic heterocycles. The Balaban J connectivity index is 1.80. The van der Waals surface area contributed by atoms with Crippen molar-refractivity contribution in [3.8, 4) is 5.75 Å². The highest BCUT2D eigenvalue weighted by Gasteiger charge is 2.61. The summed E-state index contributed by atoms with van der Waals surface area (Å²) in [6.07, 6.45) is -1.55. The number of carbonyl (C=O) groups excluding carboxylic acids is 3. The van der Waals surface area contributed by atoms with E-state index in [0.717, 1.165) is 0 Å². The number of nitrogens with zero attached hydrogens (tertiary/aromatic N) is 2. The van der Waals surface area contributed by atoms with E-state index < -0.39 is 58.2 Å². The van der Waals surface area contributed by atoms with Crippen molar-refractivity contribution in [1.29, 1.82) is 0 Å². The van der Waals surface area contributed by atoms with Gasteiger partial charge in [-0.15, -0.1) is 0 Å². The summed E-state index contributed by atoms with van der Waals surface area (Å²) in [6, 6.07) is 1.60. The molecule has 13 heteroatoms. The summed E-state index contributed by atoms with van der Waals surface area (Å²) in [5, 5.41) is 50.5. The van der Waals surface area contributed by atoms with Crippen LogP contribution in [-0.2, 0) is 25.5 Å². The Bertz CT molecular complexity index is 1450. The fourth-order valence-corrected chi connectivity index (χ4v) is 6.08. The van der Waals surface area contributed by atoms with Crippen LogP contribution in [0.1, 0.15) is 44.7 Å². The molecule has 0 bridgehead atoms. The molecule has 1 amide bonds. The lowest BCUT2D eigenvalue weighted by molar-refractivity contribution is -0.529. The number of aliphatic hydroxyl groups is 3. The van der Waals surface area contributed by atoms with E-state index in [1.807, 2.05) is 20.8 Å². The van der Waals surface area contributed by atoms with Crippen LogP contribution in [0.5, 0.6) is 5.75 Å². The van der Waals surface area contributed by atoms with Gasteiger partial charge in [0, 0.05) is 43.2 Å². The van der Waals surface area contributed by atoms with Crippen LogP contribution in [0.2, 0.25) is 0 Å². The predicted molar refractivity (Wildman–Crippen MR) is 160 cm³/mol. The van der Waals surface area contributed by atoms with Crippen molar-refractivity contribution in [3.05, 3.63) is 34.1 Å². The number of nitrogens with one attached hydrogen (secondary N) is 2. The van der Waals surface area contributed by atoms with E-state index in [-0.39, 0.29) is 60.7 Å². The lowest BCUT2D eigenvalue weighted by Crippen LogP contribution is -2.62. The van der Waals surface area contributed by atoms with Gasteiger partial charge in [-0.3, -0.25) is 14.4 Å². The number of aromatic hydroxyl groups is 1. The molecule has 1 saturated carbocycles. The number of anilines is 2. The Kier molecular flexibility index (Phi) is 8.50. The van der Waals surface area contributed by atoms with Crippen molar-refractivity contribution >= 4 is 41.3 Å². The maximum absolute atomic E-state index is 14.0. The third kappa shape index (κ3) is 5.77. The summed E-state index contributed by atoms with van der Waals surface area (Å²) < 4.78 is 7.15. The maximum Gasteiger partial charge on any atom is 0.286 e. The highest BCUT2D eigenvalue weighted by atomic mass is 16.5. The quantitative estimate of drug-likeness (QED) is 0.0715. The van der Waals surface area contributed by atoms with E-state index in [4.69, 9.17) is 10.5 Å². The number of fused-ring (bicyclic) bond motifs is 3. The lowest BCUT2D eigenvalue weighted by Gasteiger charge is -2.46. The highest BCUT2D eigenvalue weighted by Crippen LogP contribution is 2.54. The van der Waals surface area contributed by atoms with E-state index >= 15 is 0 Å². The Morgan fingerprint density at radius 3 is 2.47 bits per heavy atom. The maximum atomic E-state index is 14.0. The molecule has 0 spiro atoms. The molecule has 8 N–H and O–H groups in total. The van der Waals surface area contributed by atoms with Gasteiger partial charge in [-0.2, -0.15) is 0 Å². The van der Waals surface area contributed by atoms with Crippen LogP contribution in [0.15, 0.2) is 23.0 Å². The molecule has 1 fully saturated rings. The lowest BCUT2D eigenvalue weighted by atomic mass is 9.58. The minimum Gasteiger partial charge on any atom is -0.507 e. The van der Waals surface area contributed by atoms with Crippen LogP contribution < -0.4 is 21.3 Å². The van der Waals surface area contributed by atoms with Gasteiger partial charge in [0.2, 0.25) is 17.5 Å². The number of Topliss-reactive ketones (excluding diaryl/α,β-unsaturated/α-hetero) is 2. The molecule has 1 aromatic rings. The van der Waals surface area contributed by atoms with Gasteiger partial charge in [0.15, 0.2) is 5.60 Å². The molecule has 0 saturated heterocycles. The smallest absolute Gasteiger partial charge is 0.286 e. The van der Waals surface area contributed by atoms with Gasteiger partial charge < -0.3 is 46.4 Å². The van der Waals surface area contributed by atoms with Gasteiger partial charge in [0.05, 0.1) is 23.4 Å². The minimum atomic E-state index is -2.61. The van der Waals surface area contributed by atoms with Crippen molar-refractivity contribution < 1.29 is 44.1 Å². The number of hydrogen-bond donors (Lipinski definition) is 7. The van der Waals surface area contributed by atoms with Crippen LogP contribution in [0.4, 0.5) is 11.4 Å². The number of carbonyl (C=O) groups is 3. The van der Waals surface area contributed by atoms with Crippen LogP contribution in [0, 0.1) is 11.8 Å². The first kappa shape index (κ1) is 32.1. The normalized spacial score (nSPS) is 24.2. The van der Waals surface area contributed by atoms with E-state index in [1.165, 1.54) is 4.58 Å². The van der Waals surface area contributed by atoms with Gasteiger partial charge in [-0.05, 0) is 51.2 Å². The highest BCUT2D eigenvalue weighted by molar-refractivity contribution is 6.25. The van der Waals surface area contributed by atoms with Crippen LogP contribution in [0.3, 0.4) is 0 Å². The van der Waals surface area contributed by atoms with Crippen molar-refractivity contribution in [1.82, 2.24) is 5.32 Å². The van der Waals surface area contributed by atoms with Gasteiger partial charge in [-0.25, -0.2) is 4.58 Å². The second-order valence-electron chi connectivity index (χ2n) is 12.8. The molecule has 234 valence electrons. The molecular formula is C30H42N5O8+. The average molecular weight is 601 g/mol. The average Bonchev–Trinajstić information content (AvgIpc) is 2.88. The summed E-state index contributed by atoms with van der Waals surface area (Å²) in [4.78, 5) is 42.1. The number of aliphatic hydroxyl groups excluding tert-OH is 2. The Labute approximate surface area is 250 Å². The summed E-state index contributed by atoms with van der Waals surface area (Å²) in [5.41, 5.74) is 3.22. The van der Waals surface area contributed by atoms with Crippen LogP contribution in [-0.4, -0.2) is 101 Å². The molecule has 0 aromatic heterocycles. The van der Waals surface area contributed by atoms with Gasteiger partial charge in [-0.1, -0.05) is 0 Å². The van der Waals surface area contributed by atoms with Gasteiger partial charge in [0.1, 0.15) is 37.3 Å². The zero-order valence-corrected chi connectivity index (χ0v) is 25.4. The largest absolute Gasteiger partial charge is 0.507 e. The van der Waals surface area contributed by atoms with Crippen molar-refractivity contribution in [2.24, 2.45) is 17.6 Å². The molecule has 3 aliphatic rings. The second-order valence-corrected chi connectivity index (χ2v) is 12.8. The number of ketones is 2. The number of phenols is 1. The number of rotatable bonds is 8. The topological polar surface area (TPSA) is 198 Å². The van der Waals surface area contributed by atoms with E-state index in [1.54, 1.807) is 32.1 Å². The molecule has 43 heavy (non-hydrogen) atoms. The number of phenolic OH excluding ortho intramolecular Hbond substituents is 1. The number of ether oxygens (including phenoxy) is 1. The summed E-state index contributed by atoms with van der Waals surface area (Å²) in [6.45, 7) is 9.33. The Morgan fingerprint density at radius 2 is 1.91 bits per heavy atom. The van der Waals surface area contributed by atoms with Crippen molar-refractivity contribution in [2.45, 2.75) is 57.4 Å². The molecule has 4 rings (SSSR count). The van der Waals surface area contributed by atoms with Crippen molar-refractivity contribution in [2.75, 3.05) is 44.6 Å². The third-order valence-electron chi connectivity index (χ3n) is 8.10. The van der Waals surface area contributed by atoms with Gasteiger partial charge >= 0.3 is 0 Å². The fourth-order valence-electron chi connectivity index (χ4n) is 6.08. The van der Waals surface area contributed by atoms with Gasteiger partial charge in [0.25, 0.3) is 6.73 Å². The first-order valence-electron chi connectivity index (χ1n) is 14.1. The molecule has 0 heterocycles. The molecule has 0 radical (unpaired) electrons. The SMILES string of the molecule is C=[N+](C)COC1=C(C(N)O)C(=O)C2(O)C(=O)C3=C(O)c4c(O)c(NC(=O)CNC(C)(C)C)cc(N(C)C)c4CC3CC2C1. The number of nitrogens with two attached hydrogens (primary N) is 1. The number of benzene rings is 1. The van der Waals surface area contributed by atoms with E-state index in [9.17, 15) is 34.8 Å². The Hall–Kier alpha value is -3.78. The summed E-state index contributed by atoms with van der Waals surface area (Å²) >= 11 is 0. The number of hydrogen-bond acceptors (Lipinski definition) is 11. The molecule has 4 unspecified atom stereocenters. The molecule has 3 aliphatic carbocycles. The zero-order chi connectivity index (χ0) is 32.2.